The van der Waals surface area contributed by atoms with Crippen LogP contribution in [-0.2, 0) is 36.3 Å². The Morgan fingerprint density at radius 2 is 1.77 bits per heavy atom. The van der Waals surface area contributed by atoms with Crippen LogP contribution in [0.1, 0.15) is 63.9 Å². The number of aliphatic hydroxyl groups excluding tert-OH is 1. The number of anilines is 2. The molecule has 7 rings (SSSR count). The average Bonchev–Trinajstić information content (AvgIpc) is 3.84. The van der Waals surface area contributed by atoms with Crippen molar-refractivity contribution in [2.75, 3.05) is 50.5 Å². The van der Waals surface area contributed by atoms with E-state index in [0.29, 0.717) is 57.5 Å². The van der Waals surface area contributed by atoms with Gasteiger partial charge < -0.3 is 64.6 Å². The fraction of sp³-hybridized carbons (Fsp3) is 0.326. The first-order valence-electron chi connectivity index (χ1n) is 21.5. The maximum Gasteiger partial charge on any atom is 0.490 e. The van der Waals surface area contributed by atoms with E-state index >= 15 is 0 Å². The van der Waals surface area contributed by atoms with Crippen LogP contribution in [-0.4, -0.2) is 108 Å². The first-order valence-corrected chi connectivity index (χ1v) is 26.1. The van der Waals surface area contributed by atoms with Gasteiger partial charge in [-0.25, -0.2) is 33.5 Å². The van der Waals surface area contributed by atoms with E-state index in [2.05, 4.69) is 38.7 Å². The molecule has 4 heterocycles. The Hall–Kier alpha value is -5.68. The average molecular weight is 1030 g/mol. The number of aliphatic hydroxyl groups is 1. The molecule has 0 spiro atoms. The van der Waals surface area contributed by atoms with Crippen LogP contribution in [0.25, 0.3) is 50.5 Å². The summed E-state index contributed by atoms with van der Waals surface area (Å²) in [5.74, 6) is -1.09. The van der Waals surface area contributed by atoms with Crippen molar-refractivity contribution in [3.05, 3.63) is 94.2 Å². The van der Waals surface area contributed by atoms with Gasteiger partial charge in [-0.3, -0.25) is 9.32 Å². The highest BCUT2D eigenvalue weighted by Gasteiger charge is 2.43. The van der Waals surface area contributed by atoms with E-state index in [1.54, 1.807) is 30.5 Å². The second kappa shape index (κ2) is 21.4. The van der Waals surface area contributed by atoms with Gasteiger partial charge in [0, 0.05) is 70.7 Å². The van der Waals surface area contributed by atoms with Crippen molar-refractivity contribution in [1.82, 2.24) is 19.9 Å². The highest BCUT2D eigenvalue weighted by Crippen LogP contribution is 2.66. The number of hydrogen-bond acceptors (Lipinski definition) is 16. The number of nitrogens with two attached hydrogens (primary N) is 1. The lowest BCUT2D eigenvalue weighted by Crippen LogP contribution is -2.76. The molecule has 0 radical (unpaired) electrons. The number of benzene rings is 3. The molecule has 70 heavy (non-hydrogen) atoms. The summed E-state index contributed by atoms with van der Waals surface area (Å²) in [6.45, 7) is 8.74. The van der Waals surface area contributed by atoms with Gasteiger partial charge in [-0.05, 0) is 63.1 Å². The fourth-order valence-electron chi connectivity index (χ4n) is 8.02. The summed E-state index contributed by atoms with van der Waals surface area (Å²) in [5.41, 5.74) is 12.1. The van der Waals surface area contributed by atoms with E-state index in [1.165, 1.54) is 17.0 Å². The van der Waals surface area contributed by atoms with Crippen molar-refractivity contribution >= 4 is 74.9 Å². The number of carbonyl (C=O) groups is 2. The van der Waals surface area contributed by atoms with Crippen molar-refractivity contribution < 1.29 is 85.1 Å². The van der Waals surface area contributed by atoms with E-state index < -0.39 is 60.4 Å². The molecule has 5 unspecified atom stereocenters. The molecule has 5 atom stereocenters. The van der Waals surface area contributed by atoms with E-state index in [-0.39, 0.29) is 48.8 Å². The normalized spacial score (nSPS) is 18.5. The third-order valence-electron chi connectivity index (χ3n) is 10.9. The molecule has 2 aliphatic heterocycles. The monoisotopic (exact) mass is 1030 g/mol. The number of aryl methyl sites for hydroxylation is 2. The molecule has 3 aliphatic rings. The fourth-order valence-corrected chi connectivity index (χ4v) is 11.1. The number of amides is 1. The van der Waals surface area contributed by atoms with E-state index in [9.17, 15) is 43.3 Å². The number of phosphoric ester groups is 1. The molecule has 2 aromatic carbocycles. The highest BCUT2D eigenvalue weighted by molar-refractivity contribution is 7.66. The molecule has 374 valence electrons. The summed E-state index contributed by atoms with van der Waals surface area (Å²) in [4.78, 5) is 74.7. The van der Waals surface area contributed by atoms with Gasteiger partial charge in [-0.1, -0.05) is 18.2 Å². The van der Waals surface area contributed by atoms with Gasteiger partial charge >= 0.3 is 29.4 Å². The number of carboxylic acids is 1. The number of aromatic carboxylic acids is 1. The number of fused-ring (bicyclic) bond motifs is 3. The van der Waals surface area contributed by atoms with E-state index in [1.807, 2.05) is 52.0 Å². The number of phosphoric acid groups is 3. The molecule has 1 aliphatic carbocycles. The maximum absolute atomic E-state index is 13.4. The summed E-state index contributed by atoms with van der Waals surface area (Å²) in [6, 6.07) is 12.3. The van der Waals surface area contributed by atoms with Crippen molar-refractivity contribution in [3.8, 4) is 22.5 Å². The van der Waals surface area contributed by atoms with Gasteiger partial charge in [0.25, 0.3) is 5.91 Å². The lowest BCUT2D eigenvalue weighted by molar-refractivity contribution is -0.496. The quantitative estimate of drug-likeness (QED) is 0.0296. The van der Waals surface area contributed by atoms with E-state index in [4.69, 9.17) is 29.4 Å². The van der Waals surface area contributed by atoms with Gasteiger partial charge in [0.1, 0.15) is 41.8 Å². The molecule has 1 saturated heterocycles. The summed E-state index contributed by atoms with van der Waals surface area (Å²) >= 11 is 0. The van der Waals surface area contributed by atoms with Crippen LogP contribution in [0, 0.1) is 13.8 Å². The lowest BCUT2D eigenvalue weighted by Gasteiger charge is -2.19. The summed E-state index contributed by atoms with van der Waals surface area (Å²) < 4.78 is 66.4. The molecule has 27 heteroatoms. The second-order valence-corrected chi connectivity index (χ2v) is 20.4. The number of nitrogens with zero attached hydrogens (tertiary/aromatic N) is 3. The van der Waals surface area contributed by atoms with Gasteiger partial charge in [-0.15, -0.1) is 0 Å². The molecular formula is C43H51N7O17P3+. The maximum atomic E-state index is 13.4. The molecular weight excluding hydrogens is 979 g/mol. The standard InChI is InChI=1S/C43H50N7O17P3/c1-5-45-32-18-35-30(14-23(32)3)38(31-15-24(4)33(46-6-2)19-36(31)65-35)28-10-9-25(16-29(28)43(53)54)41(52)47-11-13-62-12-7-8-26-20-50(40-37(26)39(44)48-22-49-40)42-34(51)17-27(64-42)21-63-69(58,59)67-70(60,61)66-68(55,56)57/h7-10,14-16,18-20,22,27,34,42,45,51H,5-6,11-13,17,21H2,1-4H3,(H,47,52)(H,53,54)(H,58,59)(H,60,61)(H2,44,48,49)(H2,55,56,57)/p+1/b8-7+,46-33?. The van der Waals surface area contributed by atoms with Crippen LogP contribution in [0.5, 0.6) is 0 Å². The zero-order valence-electron chi connectivity index (χ0n) is 38.0. The number of rotatable bonds is 20. The molecule has 0 bridgehead atoms. The first-order chi connectivity index (χ1) is 33.1. The Morgan fingerprint density at radius 3 is 2.49 bits per heavy atom. The molecule has 2 aromatic heterocycles. The minimum atomic E-state index is -5.74. The Balaban J connectivity index is 1.00. The Kier molecular flexibility index (Phi) is 15.9. The van der Waals surface area contributed by atoms with Gasteiger partial charge in [0.15, 0.2) is 6.23 Å². The van der Waals surface area contributed by atoms with Crippen LogP contribution < -0.4 is 26.7 Å². The molecule has 11 N–H and O–H groups in total. The molecule has 1 fully saturated rings. The van der Waals surface area contributed by atoms with Crippen LogP contribution in [0.3, 0.4) is 0 Å². The molecule has 24 nitrogen and oxygen atoms in total. The smallest absolute Gasteiger partial charge is 0.478 e. The number of hydrogen-bond donors (Lipinski definition) is 10. The Morgan fingerprint density at radius 1 is 1.00 bits per heavy atom. The van der Waals surface area contributed by atoms with Crippen molar-refractivity contribution in [2.24, 2.45) is 0 Å². The zero-order valence-corrected chi connectivity index (χ0v) is 40.7. The summed E-state index contributed by atoms with van der Waals surface area (Å²) in [7, 11) is -16.8. The second-order valence-electron chi connectivity index (χ2n) is 16.0. The molecule has 0 saturated carbocycles. The number of carboxylic acid groups (broad SMARTS) is 1. The Labute approximate surface area is 398 Å². The Bertz CT molecular complexity index is 3190. The highest BCUT2D eigenvalue weighted by atomic mass is 31.3. The minimum absolute atomic E-state index is 0.0649. The first kappa shape index (κ1) is 52.2. The number of aromatic nitrogens is 3. The minimum Gasteiger partial charge on any atom is -0.478 e. The van der Waals surface area contributed by atoms with E-state index in [0.717, 1.165) is 22.2 Å². The predicted molar refractivity (Wildman–Crippen MR) is 252 cm³/mol. The number of ether oxygens (including phenoxy) is 2. The third-order valence-corrected chi connectivity index (χ3v) is 14.7. The zero-order chi connectivity index (χ0) is 50.7. The number of carbonyl (C=O) groups excluding carboxylic acids is 1. The predicted octanol–water partition coefficient (Wildman–Crippen LogP) is 3.73. The lowest BCUT2D eigenvalue weighted by atomic mass is 9.88. The van der Waals surface area contributed by atoms with Gasteiger partial charge in [0.05, 0.1) is 42.9 Å². The summed E-state index contributed by atoms with van der Waals surface area (Å²) in [6.07, 6.45) is 2.40. The number of nitrogens with one attached hydrogen (secondary N) is 3. The van der Waals surface area contributed by atoms with Crippen LogP contribution in [0.4, 0.5) is 11.5 Å². The van der Waals surface area contributed by atoms with Crippen molar-refractivity contribution in [1.29, 1.82) is 0 Å². The van der Waals surface area contributed by atoms with Crippen LogP contribution >= 0.6 is 23.5 Å². The number of nitrogen functional groups attached to an aromatic ring is 1. The van der Waals surface area contributed by atoms with Crippen LogP contribution in [0.15, 0.2) is 65.5 Å². The third kappa shape index (κ3) is 12.1. The van der Waals surface area contributed by atoms with Crippen molar-refractivity contribution in [3.63, 3.8) is 0 Å². The molecule has 4 aromatic rings. The van der Waals surface area contributed by atoms with Crippen LogP contribution in [0.2, 0.25) is 0 Å². The SMILES string of the molecule is CCNc1cc2oc3cc(=[NH+]CC)c(C)cc-3c(-c3ccc(C(=O)NCCOC/C=C/c4cn(C5OC(COP(=O)(O)OP(=O)(O)OP(=O)(O)O)CC5O)c5ncnc(N)c45)cc3C(=O)O)c2cc1C. The van der Waals surface area contributed by atoms with Crippen molar-refractivity contribution in [2.45, 2.75) is 52.6 Å². The summed E-state index contributed by atoms with van der Waals surface area (Å²) in [5, 5.41) is 29.5. The van der Waals surface area contributed by atoms with Gasteiger partial charge in [-0.2, -0.15) is 8.62 Å². The molecule has 1 amide bonds. The van der Waals surface area contributed by atoms with Gasteiger partial charge in [0.2, 0.25) is 5.36 Å². The largest absolute Gasteiger partial charge is 0.490 e. The topological polar surface area (TPSA) is 361 Å².